The number of benzene rings is 1. The molecule has 1 saturated heterocycles. The maximum Gasteiger partial charge on any atom is 0.326 e. The van der Waals surface area contributed by atoms with E-state index in [4.69, 9.17) is 5.11 Å². The number of carboxylic acids is 2. The second-order valence-electron chi connectivity index (χ2n) is 6.38. The monoisotopic (exact) mass is 398 g/mol. The average Bonchev–Trinajstić information content (AvgIpc) is 3.08. The molecule has 0 radical (unpaired) electrons. The molecule has 3 N–H and O–H groups in total. The SMILES string of the molecule is O=C(O)CCC(NS(=O)(=O)Cc1ccccc1)C(=O)N1CCCC1C(=O)O. The van der Waals surface area contributed by atoms with E-state index in [1.165, 1.54) is 0 Å². The van der Waals surface area contributed by atoms with Crippen molar-refractivity contribution in [3.63, 3.8) is 0 Å². The van der Waals surface area contributed by atoms with Crippen LogP contribution in [0.5, 0.6) is 0 Å². The van der Waals surface area contributed by atoms with Gasteiger partial charge in [-0.15, -0.1) is 0 Å². The van der Waals surface area contributed by atoms with Gasteiger partial charge in [0.15, 0.2) is 0 Å². The standard InChI is InChI=1S/C17H22N2O7S/c20-15(21)9-8-13(16(22)19-10-4-7-14(19)17(23)24)18-27(25,26)11-12-5-2-1-3-6-12/h1-3,5-6,13-14,18H,4,7-11H2,(H,20,21)(H,23,24). The van der Waals surface area contributed by atoms with Gasteiger partial charge in [-0.25, -0.2) is 17.9 Å². The van der Waals surface area contributed by atoms with Gasteiger partial charge in [-0.3, -0.25) is 9.59 Å². The minimum Gasteiger partial charge on any atom is -0.481 e. The summed E-state index contributed by atoms with van der Waals surface area (Å²) in [6, 6.07) is 5.99. The third kappa shape index (κ3) is 6.04. The van der Waals surface area contributed by atoms with E-state index in [0.29, 0.717) is 12.0 Å². The van der Waals surface area contributed by atoms with Gasteiger partial charge in [-0.2, -0.15) is 0 Å². The van der Waals surface area contributed by atoms with Crippen LogP contribution < -0.4 is 4.72 Å². The Balaban J connectivity index is 2.16. The molecule has 0 saturated carbocycles. The molecule has 1 aromatic carbocycles. The summed E-state index contributed by atoms with van der Waals surface area (Å²) in [6.07, 6.45) is 0.0927. The van der Waals surface area contributed by atoms with Crippen molar-refractivity contribution in [3.8, 4) is 0 Å². The Morgan fingerprint density at radius 1 is 1.19 bits per heavy atom. The first-order valence-corrected chi connectivity index (χ1v) is 10.1. The molecule has 1 amide bonds. The lowest BCUT2D eigenvalue weighted by Gasteiger charge is -2.27. The lowest BCUT2D eigenvalue weighted by Crippen LogP contribution is -2.51. The number of sulfonamides is 1. The summed E-state index contributed by atoms with van der Waals surface area (Å²) in [4.78, 5) is 36.0. The van der Waals surface area contributed by atoms with Crippen LogP contribution in [0.2, 0.25) is 0 Å². The minimum absolute atomic E-state index is 0.194. The van der Waals surface area contributed by atoms with Crippen molar-refractivity contribution in [2.75, 3.05) is 6.54 Å². The van der Waals surface area contributed by atoms with E-state index in [0.717, 1.165) is 4.90 Å². The maximum atomic E-state index is 12.7. The molecule has 1 aromatic rings. The number of carbonyl (C=O) groups is 3. The van der Waals surface area contributed by atoms with Gasteiger partial charge < -0.3 is 15.1 Å². The van der Waals surface area contributed by atoms with Crippen molar-refractivity contribution in [3.05, 3.63) is 35.9 Å². The summed E-state index contributed by atoms with van der Waals surface area (Å²) < 4.78 is 27.1. The normalized spacial score (nSPS) is 18.2. The smallest absolute Gasteiger partial charge is 0.326 e. The largest absolute Gasteiger partial charge is 0.481 e. The van der Waals surface area contributed by atoms with Gasteiger partial charge >= 0.3 is 11.9 Å². The minimum atomic E-state index is -3.93. The van der Waals surface area contributed by atoms with Gasteiger partial charge in [0.25, 0.3) is 0 Å². The molecule has 10 heteroatoms. The fourth-order valence-electron chi connectivity index (χ4n) is 3.04. The van der Waals surface area contributed by atoms with Crippen LogP contribution in [0.1, 0.15) is 31.2 Å². The number of rotatable bonds is 9. The number of likely N-dealkylation sites (tertiary alicyclic amines) is 1. The number of nitrogens with one attached hydrogen (secondary N) is 1. The first kappa shape index (κ1) is 20.8. The Bertz CT molecular complexity index is 795. The molecule has 9 nitrogen and oxygen atoms in total. The Morgan fingerprint density at radius 2 is 1.85 bits per heavy atom. The van der Waals surface area contributed by atoms with E-state index in [2.05, 4.69) is 4.72 Å². The van der Waals surface area contributed by atoms with Crippen molar-refractivity contribution in [2.24, 2.45) is 0 Å². The molecule has 27 heavy (non-hydrogen) atoms. The Hall–Kier alpha value is -2.46. The van der Waals surface area contributed by atoms with E-state index in [9.17, 15) is 27.9 Å². The molecule has 0 aliphatic carbocycles. The zero-order valence-electron chi connectivity index (χ0n) is 14.6. The topological polar surface area (TPSA) is 141 Å². The Labute approximate surface area is 157 Å². The number of aliphatic carboxylic acids is 2. The quantitative estimate of drug-likeness (QED) is 0.547. The Kier molecular flexibility index (Phi) is 6.92. The average molecular weight is 398 g/mol. The van der Waals surface area contributed by atoms with Gasteiger partial charge in [0.1, 0.15) is 12.1 Å². The highest BCUT2D eigenvalue weighted by atomic mass is 32.2. The molecule has 0 spiro atoms. The third-order valence-electron chi connectivity index (χ3n) is 4.29. The van der Waals surface area contributed by atoms with Crippen LogP contribution in [0.3, 0.4) is 0 Å². The highest BCUT2D eigenvalue weighted by molar-refractivity contribution is 7.88. The summed E-state index contributed by atoms with van der Waals surface area (Å²) in [5.41, 5.74) is 0.513. The van der Waals surface area contributed by atoms with Crippen LogP contribution in [0.4, 0.5) is 0 Å². The number of hydrogen-bond acceptors (Lipinski definition) is 5. The number of carbonyl (C=O) groups excluding carboxylic acids is 1. The van der Waals surface area contributed by atoms with E-state index >= 15 is 0 Å². The zero-order valence-corrected chi connectivity index (χ0v) is 15.4. The summed E-state index contributed by atoms with van der Waals surface area (Å²) in [7, 11) is -3.93. The van der Waals surface area contributed by atoms with E-state index in [1.807, 2.05) is 0 Å². The van der Waals surface area contributed by atoms with Gasteiger partial charge in [-0.05, 0) is 24.8 Å². The molecule has 148 valence electrons. The summed E-state index contributed by atoms with van der Waals surface area (Å²) in [5.74, 6) is -3.42. The van der Waals surface area contributed by atoms with E-state index in [1.54, 1.807) is 30.3 Å². The van der Waals surface area contributed by atoms with Crippen molar-refractivity contribution in [1.82, 2.24) is 9.62 Å². The number of nitrogens with zero attached hydrogens (tertiary/aromatic N) is 1. The molecule has 0 aromatic heterocycles. The zero-order chi connectivity index (χ0) is 20.0. The van der Waals surface area contributed by atoms with Gasteiger partial charge in [0, 0.05) is 13.0 Å². The maximum absolute atomic E-state index is 12.7. The second-order valence-corrected chi connectivity index (χ2v) is 8.13. The van der Waals surface area contributed by atoms with Gasteiger partial charge in [0.05, 0.1) is 5.75 Å². The Morgan fingerprint density at radius 3 is 2.44 bits per heavy atom. The number of amides is 1. The van der Waals surface area contributed by atoms with Crippen LogP contribution in [0, 0.1) is 0 Å². The summed E-state index contributed by atoms with van der Waals surface area (Å²) in [5, 5.41) is 18.1. The third-order valence-corrected chi connectivity index (χ3v) is 5.64. The lowest BCUT2D eigenvalue weighted by molar-refractivity contribution is -0.149. The number of carboxylic acid groups (broad SMARTS) is 2. The summed E-state index contributed by atoms with van der Waals surface area (Å²) >= 11 is 0. The predicted octanol–water partition coefficient (Wildman–Crippen LogP) is 0.415. The predicted molar refractivity (Wildman–Crippen MR) is 95.2 cm³/mol. The van der Waals surface area contributed by atoms with Crippen LogP contribution in [-0.2, 0) is 30.2 Å². The second kappa shape index (κ2) is 8.96. The van der Waals surface area contributed by atoms with E-state index in [-0.39, 0.29) is 25.1 Å². The molecule has 1 aliphatic rings. The summed E-state index contributed by atoms with van der Waals surface area (Å²) in [6.45, 7) is 0.194. The molecule has 2 unspecified atom stereocenters. The number of hydrogen-bond donors (Lipinski definition) is 3. The van der Waals surface area contributed by atoms with Crippen LogP contribution in [0.25, 0.3) is 0 Å². The molecule has 2 rings (SSSR count). The van der Waals surface area contributed by atoms with Crippen molar-refractivity contribution < 1.29 is 33.0 Å². The molecule has 2 atom stereocenters. The molecule has 1 aliphatic heterocycles. The van der Waals surface area contributed by atoms with Crippen LogP contribution >= 0.6 is 0 Å². The lowest BCUT2D eigenvalue weighted by atomic mass is 10.1. The van der Waals surface area contributed by atoms with E-state index < -0.39 is 46.4 Å². The molecule has 1 fully saturated rings. The highest BCUT2D eigenvalue weighted by Gasteiger charge is 2.38. The van der Waals surface area contributed by atoms with Gasteiger partial charge in [-0.1, -0.05) is 30.3 Å². The van der Waals surface area contributed by atoms with Crippen molar-refractivity contribution in [2.45, 2.75) is 43.5 Å². The van der Waals surface area contributed by atoms with Crippen LogP contribution in [0.15, 0.2) is 30.3 Å². The first-order chi connectivity index (χ1) is 12.7. The van der Waals surface area contributed by atoms with Gasteiger partial charge in [0.2, 0.25) is 15.9 Å². The fraction of sp³-hybridized carbons (Fsp3) is 0.471. The van der Waals surface area contributed by atoms with Crippen molar-refractivity contribution in [1.29, 1.82) is 0 Å². The first-order valence-electron chi connectivity index (χ1n) is 8.48. The molecular weight excluding hydrogens is 376 g/mol. The molecular formula is C17H22N2O7S. The highest BCUT2D eigenvalue weighted by Crippen LogP contribution is 2.20. The van der Waals surface area contributed by atoms with Crippen LogP contribution in [-0.4, -0.2) is 60.0 Å². The van der Waals surface area contributed by atoms with Crippen molar-refractivity contribution >= 4 is 27.9 Å². The molecule has 0 bridgehead atoms. The fourth-order valence-corrected chi connectivity index (χ4v) is 4.41. The molecule has 1 heterocycles.